The van der Waals surface area contributed by atoms with E-state index in [1.807, 2.05) is 0 Å². The maximum absolute atomic E-state index is 12.0. The van der Waals surface area contributed by atoms with Crippen molar-refractivity contribution in [2.24, 2.45) is 11.8 Å². The lowest BCUT2D eigenvalue weighted by Gasteiger charge is -2.31. The third kappa shape index (κ3) is 3.74. The Balaban J connectivity index is 1.78. The number of nitrogens with one attached hydrogen (secondary N) is 2. The van der Waals surface area contributed by atoms with Gasteiger partial charge in [0.15, 0.2) is 0 Å². The summed E-state index contributed by atoms with van der Waals surface area (Å²) < 4.78 is 0. The lowest BCUT2D eigenvalue weighted by Crippen LogP contribution is -2.49. The smallest absolute Gasteiger partial charge is 0.315 e. The zero-order valence-corrected chi connectivity index (χ0v) is 12.0. The number of aliphatic carboxylic acids is 1. The zero-order valence-electron chi connectivity index (χ0n) is 12.0. The minimum Gasteiger partial charge on any atom is -0.481 e. The molecule has 0 aromatic heterocycles. The molecule has 4 atom stereocenters. The van der Waals surface area contributed by atoms with Gasteiger partial charge in [0, 0.05) is 6.04 Å². The molecule has 2 amide bonds. The molecule has 2 aliphatic rings. The number of hydrogen-bond donors (Lipinski definition) is 3. The van der Waals surface area contributed by atoms with Crippen LogP contribution in [0.2, 0.25) is 0 Å². The van der Waals surface area contributed by atoms with Gasteiger partial charge in [-0.1, -0.05) is 38.3 Å². The summed E-state index contributed by atoms with van der Waals surface area (Å²) in [6, 6.07) is -0.0785. The molecule has 3 N–H and O–H groups in total. The van der Waals surface area contributed by atoms with Crippen molar-refractivity contribution in [3.63, 3.8) is 0 Å². The molecule has 0 aliphatic heterocycles. The molecule has 1 fully saturated rings. The van der Waals surface area contributed by atoms with Crippen LogP contribution < -0.4 is 10.6 Å². The number of amides is 2. The second-order valence-electron chi connectivity index (χ2n) is 5.85. The molecule has 5 heteroatoms. The van der Waals surface area contributed by atoms with Crippen molar-refractivity contribution in [3.8, 4) is 0 Å². The highest BCUT2D eigenvalue weighted by atomic mass is 16.4. The average Bonchev–Trinajstić information content (AvgIpc) is 2.88. The van der Waals surface area contributed by atoms with E-state index in [0.29, 0.717) is 12.3 Å². The maximum Gasteiger partial charge on any atom is 0.315 e. The van der Waals surface area contributed by atoms with Crippen molar-refractivity contribution in [1.82, 2.24) is 10.6 Å². The Hall–Kier alpha value is -1.52. The standard InChI is InChI=1S/C15H24N2O3/c1-2-10-5-3-4-6-13(10)17-15(20)16-12-8-7-11(9-12)14(18)19/h7-8,10-13H,2-6,9H2,1H3,(H,18,19)(H2,16,17,20). The maximum atomic E-state index is 12.0. The van der Waals surface area contributed by atoms with Gasteiger partial charge in [-0.05, 0) is 25.2 Å². The van der Waals surface area contributed by atoms with Crippen molar-refractivity contribution >= 4 is 12.0 Å². The van der Waals surface area contributed by atoms with Gasteiger partial charge in [0.1, 0.15) is 0 Å². The summed E-state index contributed by atoms with van der Waals surface area (Å²) in [6.07, 6.45) is 9.63. The molecule has 20 heavy (non-hydrogen) atoms. The fourth-order valence-electron chi connectivity index (χ4n) is 3.25. The number of carboxylic acids is 1. The Labute approximate surface area is 119 Å². The first-order valence-electron chi connectivity index (χ1n) is 7.58. The van der Waals surface area contributed by atoms with Crippen molar-refractivity contribution < 1.29 is 14.7 Å². The highest BCUT2D eigenvalue weighted by Crippen LogP contribution is 2.26. The van der Waals surface area contributed by atoms with Crippen molar-refractivity contribution in [2.75, 3.05) is 0 Å². The van der Waals surface area contributed by atoms with E-state index >= 15 is 0 Å². The minimum atomic E-state index is -0.829. The number of urea groups is 1. The van der Waals surface area contributed by atoms with Crippen LogP contribution in [-0.2, 0) is 4.79 Å². The van der Waals surface area contributed by atoms with Crippen LogP contribution in [0.3, 0.4) is 0 Å². The van der Waals surface area contributed by atoms with E-state index in [-0.39, 0.29) is 18.1 Å². The van der Waals surface area contributed by atoms with Crippen molar-refractivity contribution in [1.29, 1.82) is 0 Å². The average molecular weight is 280 g/mol. The van der Waals surface area contributed by atoms with Crippen LogP contribution in [0.1, 0.15) is 45.4 Å². The first kappa shape index (κ1) is 14.9. The van der Waals surface area contributed by atoms with Gasteiger partial charge in [0.25, 0.3) is 0 Å². The molecule has 112 valence electrons. The van der Waals surface area contributed by atoms with E-state index in [0.717, 1.165) is 12.8 Å². The van der Waals surface area contributed by atoms with Gasteiger partial charge < -0.3 is 15.7 Å². The van der Waals surface area contributed by atoms with Gasteiger partial charge >= 0.3 is 12.0 Å². The minimum absolute atomic E-state index is 0.167. The summed E-state index contributed by atoms with van der Waals surface area (Å²) in [5.41, 5.74) is 0. The van der Waals surface area contributed by atoms with Gasteiger partial charge in [-0.3, -0.25) is 4.79 Å². The van der Waals surface area contributed by atoms with Crippen LogP contribution in [-0.4, -0.2) is 29.2 Å². The highest BCUT2D eigenvalue weighted by Gasteiger charge is 2.28. The Morgan fingerprint density at radius 1 is 1.20 bits per heavy atom. The normalized spacial score (nSPS) is 32.9. The second kappa shape index (κ2) is 6.77. The van der Waals surface area contributed by atoms with Crippen LogP contribution in [0.5, 0.6) is 0 Å². The lowest BCUT2D eigenvalue weighted by atomic mass is 9.83. The predicted octanol–water partition coefficient (Wildman–Crippen LogP) is 2.28. The van der Waals surface area contributed by atoms with Crippen molar-refractivity contribution in [3.05, 3.63) is 12.2 Å². The number of hydrogen-bond acceptors (Lipinski definition) is 2. The SMILES string of the molecule is CCC1CCCCC1NC(=O)NC1C=CC(C(=O)O)C1. The Morgan fingerprint density at radius 2 is 1.95 bits per heavy atom. The number of rotatable bonds is 4. The lowest BCUT2D eigenvalue weighted by molar-refractivity contribution is -0.140. The highest BCUT2D eigenvalue weighted by molar-refractivity contribution is 5.76. The molecule has 2 rings (SSSR count). The molecule has 0 radical (unpaired) electrons. The van der Waals surface area contributed by atoms with Crippen LogP contribution in [0, 0.1) is 11.8 Å². The molecule has 5 nitrogen and oxygen atoms in total. The number of carbonyl (C=O) groups excluding carboxylic acids is 1. The molecule has 0 spiro atoms. The van der Waals surface area contributed by atoms with Crippen LogP contribution in [0.25, 0.3) is 0 Å². The molecule has 0 saturated heterocycles. The molecule has 1 saturated carbocycles. The first-order chi connectivity index (χ1) is 9.60. The van der Waals surface area contributed by atoms with Gasteiger partial charge in [-0.15, -0.1) is 0 Å². The third-order valence-corrected chi connectivity index (χ3v) is 4.47. The molecule has 0 aromatic carbocycles. The second-order valence-corrected chi connectivity index (χ2v) is 5.85. The molecular formula is C15H24N2O3. The van der Waals surface area contributed by atoms with E-state index in [4.69, 9.17) is 5.11 Å². The Kier molecular flexibility index (Phi) is 5.04. The zero-order chi connectivity index (χ0) is 14.5. The van der Waals surface area contributed by atoms with Crippen LogP contribution in [0.4, 0.5) is 4.79 Å². The van der Waals surface area contributed by atoms with Gasteiger partial charge in [0.2, 0.25) is 0 Å². The van der Waals surface area contributed by atoms with Gasteiger partial charge in [-0.25, -0.2) is 4.79 Å². The van der Waals surface area contributed by atoms with Crippen LogP contribution in [0.15, 0.2) is 12.2 Å². The van der Waals surface area contributed by atoms with Gasteiger partial charge in [0.05, 0.1) is 12.0 Å². The van der Waals surface area contributed by atoms with E-state index in [1.165, 1.54) is 19.3 Å². The fourth-order valence-corrected chi connectivity index (χ4v) is 3.25. The molecule has 0 heterocycles. The molecule has 4 unspecified atom stereocenters. The summed E-state index contributed by atoms with van der Waals surface area (Å²) >= 11 is 0. The summed E-state index contributed by atoms with van der Waals surface area (Å²) in [5.74, 6) is -0.733. The summed E-state index contributed by atoms with van der Waals surface area (Å²) in [6.45, 7) is 2.17. The molecule has 0 bridgehead atoms. The monoisotopic (exact) mass is 280 g/mol. The topological polar surface area (TPSA) is 78.4 Å². The summed E-state index contributed by atoms with van der Waals surface area (Å²) in [7, 11) is 0. The molecule has 2 aliphatic carbocycles. The quantitative estimate of drug-likeness (QED) is 0.691. The first-order valence-corrected chi connectivity index (χ1v) is 7.58. The van der Waals surface area contributed by atoms with E-state index < -0.39 is 11.9 Å². The van der Waals surface area contributed by atoms with Crippen LogP contribution >= 0.6 is 0 Å². The van der Waals surface area contributed by atoms with E-state index in [1.54, 1.807) is 12.2 Å². The van der Waals surface area contributed by atoms with E-state index in [9.17, 15) is 9.59 Å². The van der Waals surface area contributed by atoms with E-state index in [2.05, 4.69) is 17.6 Å². The Morgan fingerprint density at radius 3 is 2.60 bits per heavy atom. The molecular weight excluding hydrogens is 256 g/mol. The van der Waals surface area contributed by atoms with Gasteiger partial charge in [-0.2, -0.15) is 0 Å². The summed E-state index contributed by atoms with van der Waals surface area (Å²) in [5, 5.41) is 14.8. The van der Waals surface area contributed by atoms with Crippen molar-refractivity contribution in [2.45, 2.75) is 57.5 Å². The largest absolute Gasteiger partial charge is 0.481 e. The number of carbonyl (C=O) groups is 2. The number of carboxylic acid groups (broad SMARTS) is 1. The fraction of sp³-hybridized carbons (Fsp3) is 0.733. The third-order valence-electron chi connectivity index (χ3n) is 4.47. The Bertz CT molecular complexity index is 395. The predicted molar refractivity (Wildman–Crippen MR) is 76.4 cm³/mol. The summed E-state index contributed by atoms with van der Waals surface area (Å²) in [4.78, 5) is 22.9. The molecule has 0 aromatic rings.